The molecule has 24 heavy (non-hydrogen) atoms. The van der Waals surface area contributed by atoms with E-state index in [0.717, 1.165) is 23.6 Å². The van der Waals surface area contributed by atoms with Crippen LogP contribution in [0.25, 0.3) is 0 Å². The van der Waals surface area contributed by atoms with Crippen molar-refractivity contribution in [3.63, 3.8) is 0 Å². The lowest BCUT2D eigenvalue weighted by atomic mass is 9.53. The summed E-state index contributed by atoms with van der Waals surface area (Å²) in [6, 6.07) is 0. The first-order valence-corrected chi connectivity index (χ1v) is 10.2. The van der Waals surface area contributed by atoms with E-state index in [2.05, 4.69) is 41.3 Å². The van der Waals surface area contributed by atoms with Crippen molar-refractivity contribution < 1.29 is 4.79 Å². The molecule has 4 aliphatic carbocycles. The van der Waals surface area contributed by atoms with Crippen molar-refractivity contribution >= 4 is 17.7 Å². The molecule has 5 rings (SSSR count). The number of carbonyl (C=O) groups excluding carboxylic acids is 1. The van der Waals surface area contributed by atoms with Crippen LogP contribution in [0.3, 0.4) is 0 Å². The molecule has 1 heterocycles. The minimum absolute atomic E-state index is 0.0483. The average molecular weight is 349 g/mol. The molecule has 4 bridgehead atoms. The third kappa shape index (κ3) is 3.22. The third-order valence-corrected chi connectivity index (χ3v) is 6.80. The van der Waals surface area contributed by atoms with Crippen LogP contribution in [-0.4, -0.2) is 32.4 Å². The molecular formula is C18H28N4OS. The van der Waals surface area contributed by atoms with Gasteiger partial charge in [0.2, 0.25) is 11.1 Å². The first-order valence-electron chi connectivity index (χ1n) is 9.18. The lowest BCUT2D eigenvalue weighted by Crippen LogP contribution is -2.60. The number of thioether (sulfide) groups is 1. The van der Waals surface area contributed by atoms with Crippen LogP contribution in [0.5, 0.6) is 0 Å². The van der Waals surface area contributed by atoms with Crippen LogP contribution in [0.2, 0.25) is 0 Å². The highest BCUT2D eigenvalue weighted by atomic mass is 32.2. The Hall–Kier alpha value is -1.04. The highest BCUT2D eigenvalue weighted by Gasteiger charge is 2.51. The van der Waals surface area contributed by atoms with Crippen molar-refractivity contribution in [3.8, 4) is 0 Å². The van der Waals surface area contributed by atoms with E-state index in [1.165, 1.54) is 50.3 Å². The zero-order valence-electron chi connectivity index (χ0n) is 14.9. The number of nitrogens with one attached hydrogen (secondary N) is 2. The quantitative estimate of drug-likeness (QED) is 0.819. The fourth-order valence-electron chi connectivity index (χ4n) is 5.37. The number of rotatable bonds is 4. The highest BCUT2D eigenvalue weighted by Crippen LogP contribution is 2.55. The van der Waals surface area contributed by atoms with Crippen molar-refractivity contribution in [2.75, 3.05) is 5.75 Å². The minimum Gasteiger partial charge on any atom is -0.350 e. The maximum Gasteiger partial charge on any atom is 0.230 e. The fraction of sp³-hybridized carbons (Fsp3) is 0.833. The predicted octanol–water partition coefficient (Wildman–Crippen LogP) is 3.28. The summed E-state index contributed by atoms with van der Waals surface area (Å²) in [6.45, 7) is 6.30. The molecule has 0 aliphatic heterocycles. The van der Waals surface area contributed by atoms with Gasteiger partial charge in [0.15, 0.2) is 0 Å². The largest absolute Gasteiger partial charge is 0.350 e. The van der Waals surface area contributed by atoms with Gasteiger partial charge in [0.1, 0.15) is 5.82 Å². The van der Waals surface area contributed by atoms with Gasteiger partial charge < -0.3 is 5.32 Å². The van der Waals surface area contributed by atoms with E-state index in [0.29, 0.717) is 10.9 Å². The molecule has 0 unspecified atom stereocenters. The van der Waals surface area contributed by atoms with Gasteiger partial charge in [0.05, 0.1) is 5.75 Å². The summed E-state index contributed by atoms with van der Waals surface area (Å²) in [5.74, 6) is 3.98. The van der Waals surface area contributed by atoms with Crippen LogP contribution in [0.4, 0.5) is 0 Å². The number of amides is 1. The topological polar surface area (TPSA) is 70.7 Å². The second-order valence-electron chi connectivity index (χ2n) is 9.25. The van der Waals surface area contributed by atoms with E-state index in [-0.39, 0.29) is 16.9 Å². The van der Waals surface area contributed by atoms with Crippen molar-refractivity contribution in [3.05, 3.63) is 5.82 Å². The summed E-state index contributed by atoms with van der Waals surface area (Å²) in [7, 11) is 0. The van der Waals surface area contributed by atoms with E-state index in [9.17, 15) is 4.79 Å². The summed E-state index contributed by atoms with van der Waals surface area (Å²) >= 11 is 1.43. The lowest BCUT2D eigenvalue weighted by Gasteiger charge is -2.56. The summed E-state index contributed by atoms with van der Waals surface area (Å²) in [5, 5.41) is 11.3. The van der Waals surface area contributed by atoms with Gasteiger partial charge in [-0.15, -0.1) is 5.10 Å². The Kier molecular flexibility index (Phi) is 3.94. The lowest BCUT2D eigenvalue weighted by molar-refractivity contribution is -0.124. The first-order chi connectivity index (χ1) is 11.3. The number of aromatic nitrogens is 3. The minimum atomic E-state index is -0.0483. The molecule has 4 fully saturated rings. The zero-order chi connectivity index (χ0) is 16.9. The van der Waals surface area contributed by atoms with Crippen LogP contribution in [0, 0.1) is 17.8 Å². The van der Waals surface area contributed by atoms with Crippen molar-refractivity contribution in [2.24, 2.45) is 17.8 Å². The van der Waals surface area contributed by atoms with Gasteiger partial charge in [-0.2, -0.15) is 0 Å². The molecule has 0 aromatic carbocycles. The predicted molar refractivity (Wildman–Crippen MR) is 94.9 cm³/mol. The van der Waals surface area contributed by atoms with E-state index < -0.39 is 0 Å². The Morgan fingerprint density at radius 3 is 2.29 bits per heavy atom. The van der Waals surface area contributed by atoms with E-state index in [4.69, 9.17) is 0 Å². The van der Waals surface area contributed by atoms with E-state index in [1.807, 2.05) is 0 Å². The van der Waals surface area contributed by atoms with Crippen LogP contribution < -0.4 is 5.32 Å². The molecule has 4 aliphatic rings. The van der Waals surface area contributed by atoms with Gasteiger partial charge in [-0.25, -0.2) is 4.98 Å². The molecule has 1 amide bonds. The number of hydrogen-bond donors (Lipinski definition) is 2. The molecule has 6 heteroatoms. The molecule has 0 atom stereocenters. The van der Waals surface area contributed by atoms with Gasteiger partial charge in [-0.3, -0.25) is 9.89 Å². The molecular weight excluding hydrogens is 320 g/mol. The van der Waals surface area contributed by atoms with Crippen LogP contribution >= 0.6 is 11.8 Å². The van der Waals surface area contributed by atoms with Gasteiger partial charge in [-0.05, 0) is 56.3 Å². The van der Waals surface area contributed by atoms with Gasteiger partial charge >= 0.3 is 0 Å². The molecule has 132 valence electrons. The Morgan fingerprint density at radius 1 is 1.21 bits per heavy atom. The van der Waals surface area contributed by atoms with E-state index in [1.54, 1.807) is 0 Å². The SMILES string of the molecule is CC(C)(C)c1nc(SCC(=O)NC23CC4CC(CC(C4)C2)C3)n[nH]1. The molecule has 4 saturated carbocycles. The third-order valence-electron chi connectivity index (χ3n) is 5.95. The fourth-order valence-corrected chi connectivity index (χ4v) is 5.97. The number of H-pyrrole nitrogens is 1. The number of aromatic amines is 1. The van der Waals surface area contributed by atoms with Crippen molar-refractivity contribution in [1.82, 2.24) is 20.5 Å². The van der Waals surface area contributed by atoms with Crippen LogP contribution in [0.1, 0.15) is 65.1 Å². The highest BCUT2D eigenvalue weighted by molar-refractivity contribution is 7.99. The Labute approximate surface area is 148 Å². The van der Waals surface area contributed by atoms with Gasteiger partial charge in [0.25, 0.3) is 0 Å². The maximum atomic E-state index is 12.5. The number of nitrogens with zero attached hydrogens (tertiary/aromatic N) is 2. The number of carbonyl (C=O) groups is 1. The molecule has 5 nitrogen and oxygen atoms in total. The van der Waals surface area contributed by atoms with Gasteiger partial charge in [-0.1, -0.05) is 32.5 Å². The summed E-state index contributed by atoms with van der Waals surface area (Å²) < 4.78 is 0. The normalized spacial score (nSPS) is 34.5. The maximum absolute atomic E-state index is 12.5. The second-order valence-corrected chi connectivity index (χ2v) is 10.2. The molecule has 2 N–H and O–H groups in total. The van der Waals surface area contributed by atoms with Gasteiger partial charge in [0, 0.05) is 11.0 Å². The molecule has 0 radical (unpaired) electrons. The number of hydrogen-bond acceptors (Lipinski definition) is 4. The average Bonchev–Trinajstić information content (AvgIpc) is 2.92. The van der Waals surface area contributed by atoms with Crippen molar-refractivity contribution in [1.29, 1.82) is 0 Å². The smallest absolute Gasteiger partial charge is 0.230 e. The zero-order valence-corrected chi connectivity index (χ0v) is 15.7. The van der Waals surface area contributed by atoms with Crippen molar-refractivity contribution in [2.45, 2.75) is 75.4 Å². The molecule has 0 saturated heterocycles. The van der Waals surface area contributed by atoms with Crippen LogP contribution in [-0.2, 0) is 10.2 Å². The monoisotopic (exact) mass is 348 g/mol. The molecule has 1 aromatic heterocycles. The summed E-state index contributed by atoms with van der Waals surface area (Å²) in [6.07, 6.45) is 7.79. The standard InChI is InChI=1S/C18H28N4OS/c1-17(2,3)15-19-16(22-21-15)24-10-14(23)20-18-7-11-4-12(8-18)6-13(5-11)9-18/h11-13H,4-10H2,1-3H3,(H,20,23)(H,19,21,22). The Bertz CT molecular complexity index is 598. The first kappa shape index (κ1) is 16.4. The summed E-state index contributed by atoms with van der Waals surface area (Å²) in [5.41, 5.74) is 0.0508. The molecule has 0 spiro atoms. The Morgan fingerprint density at radius 2 is 1.79 bits per heavy atom. The van der Waals surface area contributed by atoms with Crippen LogP contribution in [0.15, 0.2) is 5.16 Å². The molecule has 1 aromatic rings. The second kappa shape index (κ2) is 5.75. The van der Waals surface area contributed by atoms with E-state index >= 15 is 0 Å². The Balaban J connectivity index is 1.33. The summed E-state index contributed by atoms with van der Waals surface area (Å²) in [4.78, 5) is 17.0.